The summed E-state index contributed by atoms with van der Waals surface area (Å²) >= 11 is 7.44. The van der Waals surface area contributed by atoms with Gasteiger partial charge in [-0.25, -0.2) is 0 Å². The third-order valence-electron chi connectivity index (χ3n) is 19.3. The van der Waals surface area contributed by atoms with Crippen LogP contribution in [0.2, 0.25) is 0 Å². The van der Waals surface area contributed by atoms with Gasteiger partial charge >= 0.3 is 0 Å². The van der Waals surface area contributed by atoms with Gasteiger partial charge in [0.15, 0.2) is 0 Å². The molecule has 0 saturated heterocycles. The van der Waals surface area contributed by atoms with Crippen molar-refractivity contribution in [1.29, 1.82) is 0 Å². The van der Waals surface area contributed by atoms with E-state index in [4.69, 9.17) is 0 Å². The van der Waals surface area contributed by atoms with Gasteiger partial charge in [-0.3, -0.25) is 9.59 Å². The maximum atomic E-state index is 14.6. The summed E-state index contributed by atoms with van der Waals surface area (Å²) < 4.78 is 0. The summed E-state index contributed by atoms with van der Waals surface area (Å²) in [5.74, 6) is -0.272. The molecule has 0 unspecified atom stereocenters. The van der Waals surface area contributed by atoms with Crippen molar-refractivity contribution >= 4 is 68.6 Å². The third kappa shape index (κ3) is 15.9. The van der Waals surface area contributed by atoms with Gasteiger partial charge in [-0.05, 0) is 83.0 Å². The number of carbonyl (C=O) groups is 2. The third-order valence-corrected chi connectivity index (χ3v) is 23.7. The van der Waals surface area contributed by atoms with Gasteiger partial charge in [0.25, 0.3) is 11.8 Å². The predicted octanol–water partition coefficient (Wildman–Crippen LogP) is 24.1. The second kappa shape index (κ2) is 33.6. The lowest BCUT2D eigenvalue weighted by Crippen LogP contribution is -2.25. The molecule has 80 heavy (non-hydrogen) atoms. The number of carbonyl (C=O) groups excluding carboxylic acids is 2. The standard InChI is InChI=1S/C72H108N2O2S4/c1-5-9-13-17-21-25-29-33-37-41-47-71(48-42-38-34-30-26-22-18-14-10-6-2)55-45-51-77-65(55)67-57(71)53-59(79-67)63-61-62(70(76)73-63)64(74-69(61)75)60-54-58-68(80-60)66-56(46-52-78-66)72(58,49-43-39-35-31-27-23-19-15-11-7-3)50-44-40-36-32-28-24-20-16-12-8-4/h45-46,51-54H,5-44,47-50H2,1-4H3,(H,73,76)(H,74,75). The zero-order valence-corrected chi connectivity index (χ0v) is 54.3. The van der Waals surface area contributed by atoms with Crippen LogP contribution in [-0.2, 0) is 20.4 Å². The molecule has 2 N–H and O–H groups in total. The molecule has 442 valence electrons. The first-order chi connectivity index (χ1) is 39.4. The van der Waals surface area contributed by atoms with Crippen molar-refractivity contribution in [1.82, 2.24) is 10.6 Å². The van der Waals surface area contributed by atoms with Gasteiger partial charge in [0.1, 0.15) is 0 Å². The van der Waals surface area contributed by atoms with E-state index < -0.39 is 0 Å². The van der Waals surface area contributed by atoms with Gasteiger partial charge in [-0.15, -0.1) is 45.3 Å². The van der Waals surface area contributed by atoms with Crippen LogP contribution in [0.5, 0.6) is 0 Å². The molecule has 2 aliphatic heterocycles. The van der Waals surface area contributed by atoms with E-state index in [0.717, 1.165) is 21.1 Å². The normalized spacial score (nSPS) is 15.6. The van der Waals surface area contributed by atoms with Crippen LogP contribution >= 0.6 is 45.3 Å². The van der Waals surface area contributed by atoms with Crippen LogP contribution in [0.3, 0.4) is 0 Å². The first-order valence-corrected chi connectivity index (χ1v) is 37.4. The molecule has 0 atom stereocenters. The minimum Gasteiger partial charge on any atom is -0.320 e. The molecule has 4 aromatic rings. The topological polar surface area (TPSA) is 58.2 Å². The highest BCUT2D eigenvalue weighted by molar-refractivity contribution is 7.23. The Bertz CT molecular complexity index is 2340. The number of hydrogen-bond acceptors (Lipinski definition) is 6. The second-order valence-corrected chi connectivity index (χ2v) is 29.3. The molecule has 0 radical (unpaired) electrons. The van der Waals surface area contributed by atoms with Crippen LogP contribution in [0.15, 0.2) is 46.2 Å². The Hall–Kier alpha value is -2.78. The highest BCUT2D eigenvalue weighted by atomic mass is 32.1. The van der Waals surface area contributed by atoms with Crippen molar-refractivity contribution in [2.24, 2.45) is 0 Å². The molecular weight excluding hydrogens is 1050 g/mol. The Morgan fingerprint density at radius 2 is 0.575 bits per heavy atom. The highest BCUT2D eigenvalue weighted by Gasteiger charge is 2.49. The van der Waals surface area contributed by atoms with Crippen LogP contribution in [-0.4, -0.2) is 11.8 Å². The molecule has 2 amide bonds. The molecular formula is C72H108N2O2S4. The molecule has 0 bridgehead atoms. The molecule has 8 heteroatoms. The predicted molar refractivity (Wildman–Crippen MR) is 353 cm³/mol. The van der Waals surface area contributed by atoms with E-state index in [1.165, 1.54) is 313 Å². The van der Waals surface area contributed by atoms with Crippen molar-refractivity contribution in [3.63, 3.8) is 0 Å². The van der Waals surface area contributed by atoms with E-state index in [9.17, 15) is 9.59 Å². The summed E-state index contributed by atoms with van der Waals surface area (Å²) in [6, 6.07) is 9.78. The lowest BCUT2D eigenvalue weighted by atomic mass is 9.71. The Balaban J connectivity index is 1.01. The number of hydrogen-bond donors (Lipinski definition) is 2. The van der Waals surface area contributed by atoms with Gasteiger partial charge < -0.3 is 10.6 Å². The fourth-order valence-corrected chi connectivity index (χ4v) is 19.5. The average molecular weight is 1160 g/mol. The van der Waals surface area contributed by atoms with Crippen LogP contribution in [0.25, 0.3) is 30.9 Å². The molecule has 0 saturated carbocycles. The summed E-state index contributed by atoms with van der Waals surface area (Å²) in [5, 5.41) is 11.4. The quantitative estimate of drug-likeness (QED) is 0.0433. The van der Waals surface area contributed by atoms with Crippen molar-refractivity contribution in [3.8, 4) is 19.5 Å². The van der Waals surface area contributed by atoms with Crippen LogP contribution in [0.1, 0.15) is 342 Å². The van der Waals surface area contributed by atoms with Gasteiger partial charge in [-0.2, -0.15) is 0 Å². The van der Waals surface area contributed by atoms with E-state index in [1.54, 1.807) is 11.1 Å². The number of thiophene rings is 4. The zero-order chi connectivity index (χ0) is 55.8. The first kappa shape index (κ1) is 63.2. The monoisotopic (exact) mass is 1160 g/mol. The van der Waals surface area contributed by atoms with E-state index in [2.05, 4.69) is 73.4 Å². The molecule has 4 aliphatic rings. The average Bonchev–Trinajstić information content (AvgIpc) is 4.52. The maximum Gasteiger partial charge on any atom is 0.258 e. The molecule has 4 nitrogen and oxygen atoms in total. The van der Waals surface area contributed by atoms with Crippen LogP contribution < -0.4 is 10.6 Å². The molecule has 6 heterocycles. The van der Waals surface area contributed by atoms with E-state index in [1.807, 2.05) is 45.3 Å². The fraction of sp³-hybridized carbons (Fsp3) is 0.694. The number of amides is 2. The molecule has 8 rings (SSSR count). The van der Waals surface area contributed by atoms with Crippen LogP contribution in [0.4, 0.5) is 0 Å². The van der Waals surface area contributed by atoms with Crippen molar-refractivity contribution in [2.75, 3.05) is 0 Å². The zero-order valence-electron chi connectivity index (χ0n) is 51.0. The minimum atomic E-state index is -0.136. The molecule has 0 aromatic carbocycles. The number of nitrogens with one attached hydrogen (secondary N) is 2. The Labute approximate surface area is 504 Å². The molecule has 0 fully saturated rings. The SMILES string of the molecule is CCCCCCCCCCCCC1(CCCCCCCCCCCC)c2ccsc2-c2sc(C3=C4C(=O)NC(c5cc6c(s5)-c5sccc5C6(CCCCCCCCCCCC)CCCCCCCCCCCC)=C4C(=O)N3)cc21. The lowest BCUT2D eigenvalue weighted by Gasteiger charge is -2.31. The molecule has 0 spiro atoms. The summed E-state index contributed by atoms with van der Waals surface area (Å²) in [5.41, 5.74) is 8.56. The largest absolute Gasteiger partial charge is 0.320 e. The first-order valence-electron chi connectivity index (χ1n) is 34.0. The number of unbranched alkanes of at least 4 members (excludes halogenated alkanes) is 36. The summed E-state index contributed by atoms with van der Waals surface area (Å²) in [7, 11) is 0. The van der Waals surface area contributed by atoms with Crippen LogP contribution in [0, 0.1) is 0 Å². The minimum absolute atomic E-state index is 0.0121. The lowest BCUT2D eigenvalue weighted by molar-refractivity contribution is -0.117. The molecule has 4 aromatic heterocycles. The summed E-state index contributed by atoms with van der Waals surface area (Å²) in [6.45, 7) is 9.23. The van der Waals surface area contributed by atoms with Crippen molar-refractivity contribution < 1.29 is 9.59 Å². The number of fused-ring (bicyclic) bond motifs is 7. The Morgan fingerprint density at radius 3 is 0.838 bits per heavy atom. The Kier molecular flexibility index (Phi) is 26.6. The van der Waals surface area contributed by atoms with Gasteiger partial charge in [0.2, 0.25) is 0 Å². The fourth-order valence-electron chi connectivity index (χ4n) is 14.6. The summed E-state index contributed by atoms with van der Waals surface area (Å²) in [4.78, 5) is 36.8. The van der Waals surface area contributed by atoms with E-state index >= 15 is 0 Å². The summed E-state index contributed by atoms with van der Waals surface area (Å²) in [6.07, 6.45) is 58.6. The Morgan fingerprint density at radius 1 is 0.325 bits per heavy atom. The highest BCUT2D eigenvalue weighted by Crippen LogP contribution is 2.62. The smallest absolute Gasteiger partial charge is 0.258 e. The van der Waals surface area contributed by atoms with Crippen molar-refractivity contribution in [3.05, 3.63) is 78.2 Å². The number of rotatable bonds is 46. The second-order valence-electron chi connectivity index (χ2n) is 25.3. The van der Waals surface area contributed by atoms with Gasteiger partial charge in [0.05, 0.1) is 32.3 Å². The van der Waals surface area contributed by atoms with E-state index in [0.29, 0.717) is 11.1 Å². The maximum absolute atomic E-state index is 14.6. The van der Waals surface area contributed by atoms with E-state index in [-0.39, 0.29) is 22.6 Å². The van der Waals surface area contributed by atoms with Gasteiger partial charge in [0, 0.05) is 30.3 Å². The molecule has 2 aliphatic carbocycles. The van der Waals surface area contributed by atoms with Crippen molar-refractivity contribution in [2.45, 2.75) is 321 Å². The van der Waals surface area contributed by atoms with Gasteiger partial charge in [-0.1, -0.05) is 285 Å².